The van der Waals surface area contributed by atoms with E-state index in [4.69, 9.17) is 16.3 Å². The number of benzene rings is 1. The zero-order chi connectivity index (χ0) is 15.3. The van der Waals surface area contributed by atoms with Gasteiger partial charge in [-0.1, -0.05) is 18.5 Å². The van der Waals surface area contributed by atoms with Gasteiger partial charge in [0.1, 0.15) is 11.3 Å². The van der Waals surface area contributed by atoms with Crippen molar-refractivity contribution in [2.75, 3.05) is 6.61 Å². The van der Waals surface area contributed by atoms with Gasteiger partial charge in [-0.25, -0.2) is 0 Å². The first-order valence-electron chi connectivity index (χ1n) is 7.14. The predicted octanol–water partition coefficient (Wildman–Crippen LogP) is 3.31. The monoisotopic (exact) mass is 306 g/mol. The summed E-state index contributed by atoms with van der Waals surface area (Å²) in [6, 6.07) is 9.09. The Morgan fingerprint density at radius 1 is 1.43 bits per heavy atom. The van der Waals surface area contributed by atoms with Gasteiger partial charge in [0.15, 0.2) is 6.61 Å². The summed E-state index contributed by atoms with van der Waals surface area (Å²) in [6.45, 7) is 2.08. The quantitative estimate of drug-likeness (QED) is 0.928. The number of amides is 1. The van der Waals surface area contributed by atoms with Crippen molar-refractivity contribution in [1.82, 2.24) is 5.32 Å². The van der Waals surface area contributed by atoms with E-state index in [2.05, 4.69) is 18.3 Å². The van der Waals surface area contributed by atoms with E-state index in [0.717, 1.165) is 12.8 Å². The number of hydrogen-bond donors (Lipinski definition) is 1. The van der Waals surface area contributed by atoms with E-state index < -0.39 is 5.54 Å². The zero-order valence-electron chi connectivity index (χ0n) is 12.1. The molecule has 1 saturated carbocycles. The highest BCUT2D eigenvalue weighted by molar-refractivity contribution is 6.30. The van der Waals surface area contributed by atoms with Gasteiger partial charge in [0.05, 0.1) is 6.07 Å². The highest BCUT2D eigenvalue weighted by atomic mass is 35.5. The zero-order valence-corrected chi connectivity index (χ0v) is 12.8. The molecule has 0 heterocycles. The summed E-state index contributed by atoms with van der Waals surface area (Å²) in [6.07, 6.45) is 3.34. The second-order valence-electron chi connectivity index (χ2n) is 5.67. The molecular weight excluding hydrogens is 288 g/mol. The van der Waals surface area contributed by atoms with Gasteiger partial charge in [0.2, 0.25) is 0 Å². The normalized spacial score (nSPS) is 24.9. The summed E-state index contributed by atoms with van der Waals surface area (Å²) in [4.78, 5) is 12.0. The average molecular weight is 307 g/mol. The summed E-state index contributed by atoms with van der Waals surface area (Å²) in [7, 11) is 0. The molecule has 0 bridgehead atoms. The molecular formula is C16H19ClN2O2. The van der Waals surface area contributed by atoms with Crippen LogP contribution in [0.1, 0.15) is 32.6 Å². The van der Waals surface area contributed by atoms with E-state index in [0.29, 0.717) is 29.5 Å². The fraction of sp³-hybridized carbons (Fsp3) is 0.500. The molecule has 1 aromatic carbocycles. The van der Waals surface area contributed by atoms with Crippen molar-refractivity contribution < 1.29 is 9.53 Å². The van der Waals surface area contributed by atoms with Crippen LogP contribution in [0.4, 0.5) is 0 Å². The van der Waals surface area contributed by atoms with Gasteiger partial charge in [-0.2, -0.15) is 5.26 Å². The lowest BCUT2D eigenvalue weighted by Crippen LogP contribution is -2.50. The van der Waals surface area contributed by atoms with Crippen LogP contribution >= 0.6 is 11.6 Å². The molecule has 1 amide bonds. The first-order valence-corrected chi connectivity index (χ1v) is 7.51. The van der Waals surface area contributed by atoms with E-state index in [1.54, 1.807) is 24.3 Å². The lowest BCUT2D eigenvalue weighted by Gasteiger charge is -2.34. The van der Waals surface area contributed by atoms with Crippen molar-refractivity contribution in [3.8, 4) is 11.8 Å². The summed E-state index contributed by atoms with van der Waals surface area (Å²) in [5, 5.41) is 12.8. The maximum absolute atomic E-state index is 12.0. The smallest absolute Gasteiger partial charge is 0.259 e. The number of nitriles is 1. The van der Waals surface area contributed by atoms with Gasteiger partial charge < -0.3 is 10.1 Å². The van der Waals surface area contributed by atoms with E-state index >= 15 is 0 Å². The second kappa shape index (κ2) is 6.82. The van der Waals surface area contributed by atoms with Crippen LogP contribution in [0.5, 0.6) is 5.75 Å². The van der Waals surface area contributed by atoms with Crippen LogP contribution in [0, 0.1) is 17.2 Å². The Morgan fingerprint density at radius 2 is 2.05 bits per heavy atom. The molecule has 1 aromatic rings. The fourth-order valence-corrected chi connectivity index (χ4v) is 2.63. The van der Waals surface area contributed by atoms with Crippen molar-refractivity contribution >= 4 is 17.5 Å². The standard InChI is InChI=1S/C16H19ClN2O2/c1-12-6-8-16(11-18,9-7-12)19-15(20)10-21-14-4-2-13(17)3-5-14/h2-5,12H,6-10H2,1H3,(H,19,20). The molecule has 1 fully saturated rings. The Balaban J connectivity index is 1.86. The van der Waals surface area contributed by atoms with E-state index in [1.165, 1.54) is 0 Å². The first-order chi connectivity index (χ1) is 10.0. The molecule has 1 N–H and O–H groups in total. The fourth-order valence-electron chi connectivity index (χ4n) is 2.50. The van der Waals surface area contributed by atoms with Crippen LogP contribution < -0.4 is 10.1 Å². The summed E-state index contributed by atoms with van der Waals surface area (Å²) in [5.74, 6) is 0.938. The minimum absolute atomic E-state index is 0.0966. The minimum Gasteiger partial charge on any atom is -0.484 e. The Hall–Kier alpha value is -1.73. The summed E-state index contributed by atoms with van der Waals surface area (Å²) >= 11 is 5.78. The van der Waals surface area contributed by atoms with Crippen molar-refractivity contribution in [2.45, 2.75) is 38.1 Å². The topological polar surface area (TPSA) is 62.1 Å². The molecule has 0 spiro atoms. The van der Waals surface area contributed by atoms with Crippen molar-refractivity contribution in [2.24, 2.45) is 5.92 Å². The van der Waals surface area contributed by atoms with Crippen molar-refractivity contribution in [1.29, 1.82) is 5.26 Å². The Kier molecular flexibility index (Phi) is 5.08. The van der Waals surface area contributed by atoms with Crippen molar-refractivity contribution in [3.05, 3.63) is 29.3 Å². The molecule has 4 nitrogen and oxygen atoms in total. The third kappa shape index (κ3) is 4.37. The number of carbonyl (C=O) groups excluding carboxylic acids is 1. The Labute approximate surface area is 130 Å². The SMILES string of the molecule is CC1CCC(C#N)(NC(=O)COc2ccc(Cl)cc2)CC1. The van der Waals surface area contributed by atoms with E-state index in [9.17, 15) is 10.1 Å². The van der Waals surface area contributed by atoms with Gasteiger partial charge in [-0.05, 0) is 55.9 Å². The number of hydrogen-bond acceptors (Lipinski definition) is 3. The van der Waals surface area contributed by atoms with Gasteiger partial charge in [-0.3, -0.25) is 4.79 Å². The molecule has 0 aromatic heterocycles. The largest absolute Gasteiger partial charge is 0.484 e. The van der Waals surface area contributed by atoms with Crippen LogP contribution in [0.15, 0.2) is 24.3 Å². The molecule has 0 aliphatic heterocycles. The summed E-state index contributed by atoms with van der Waals surface area (Å²) in [5.41, 5.74) is -0.729. The molecule has 1 aliphatic rings. The van der Waals surface area contributed by atoms with Crippen LogP contribution in [-0.4, -0.2) is 18.1 Å². The van der Waals surface area contributed by atoms with Gasteiger partial charge >= 0.3 is 0 Å². The third-order valence-corrected chi connectivity index (χ3v) is 4.16. The Bertz CT molecular complexity index is 528. The van der Waals surface area contributed by atoms with Gasteiger partial charge in [0, 0.05) is 5.02 Å². The Morgan fingerprint density at radius 3 is 2.62 bits per heavy atom. The molecule has 0 saturated heterocycles. The number of nitrogens with zero attached hydrogens (tertiary/aromatic N) is 1. The van der Waals surface area contributed by atoms with Gasteiger partial charge in [-0.15, -0.1) is 0 Å². The maximum Gasteiger partial charge on any atom is 0.259 e. The van der Waals surface area contributed by atoms with Crippen LogP contribution in [0.2, 0.25) is 5.02 Å². The lowest BCUT2D eigenvalue weighted by molar-refractivity contribution is -0.124. The molecule has 0 atom stereocenters. The number of rotatable bonds is 4. The van der Waals surface area contributed by atoms with Crippen LogP contribution in [-0.2, 0) is 4.79 Å². The van der Waals surface area contributed by atoms with Crippen LogP contribution in [0.25, 0.3) is 0 Å². The van der Waals surface area contributed by atoms with Crippen molar-refractivity contribution in [3.63, 3.8) is 0 Å². The maximum atomic E-state index is 12.0. The van der Waals surface area contributed by atoms with E-state index in [1.807, 2.05) is 0 Å². The van der Waals surface area contributed by atoms with Gasteiger partial charge in [0.25, 0.3) is 5.91 Å². The lowest BCUT2D eigenvalue weighted by atomic mass is 9.78. The first kappa shape index (κ1) is 15.7. The molecule has 5 heteroatoms. The number of nitrogens with one attached hydrogen (secondary N) is 1. The number of ether oxygens (including phenoxy) is 1. The second-order valence-corrected chi connectivity index (χ2v) is 6.10. The molecule has 112 valence electrons. The number of carbonyl (C=O) groups is 1. The van der Waals surface area contributed by atoms with Crippen LogP contribution in [0.3, 0.4) is 0 Å². The highest BCUT2D eigenvalue weighted by Crippen LogP contribution is 2.31. The highest BCUT2D eigenvalue weighted by Gasteiger charge is 2.35. The average Bonchev–Trinajstić information content (AvgIpc) is 2.49. The minimum atomic E-state index is -0.729. The number of halogens is 1. The summed E-state index contributed by atoms with van der Waals surface area (Å²) < 4.78 is 5.39. The van der Waals surface area contributed by atoms with E-state index in [-0.39, 0.29) is 12.5 Å². The molecule has 0 unspecified atom stereocenters. The third-order valence-electron chi connectivity index (χ3n) is 3.90. The molecule has 2 rings (SSSR count). The predicted molar refractivity (Wildman–Crippen MR) is 81.1 cm³/mol. The molecule has 0 radical (unpaired) electrons. The molecule has 1 aliphatic carbocycles. The molecule has 21 heavy (non-hydrogen) atoms.